The van der Waals surface area contributed by atoms with Gasteiger partial charge >= 0.3 is 5.97 Å². The van der Waals surface area contributed by atoms with Crippen LogP contribution in [0.4, 0.5) is 0 Å². The number of pyridine rings is 1. The second-order valence-corrected chi connectivity index (χ2v) is 3.88. The fraction of sp³-hybridized carbons (Fsp3) is 0.231. The first-order valence-corrected chi connectivity index (χ1v) is 5.51. The molecule has 18 heavy (non-hydrogen) atoms. The molecule has 2 N–H and O–H groups in total. The number of ether oxygens (including phenoxy) is 1. The lowest BCUT2D eigenvalue weighted by Gasteiger charge is -2.08. The molecule has 5 nitrogen and oxygen atoms in total. The van der Waals surface area contributed by atoms with Gasteiger partial charge in [0.2, 0.25) is 0 Å². The summed E-state index contributed by atoms with van der Waals surface area (Å²) < 4.78 is 5.10. The van der Waals surface area contributed by atoms with Crippen LogP contribution in [0, 0.1) is 0 Å². The van der Waals surface area contributed by atoms with Crippen LogP contribution in [0.3, 0.4) is 0 Å². The van der Waals surface area contributed by atoms with Crippen molar-refractivity contribution in [2.45, 2.75) is 6.54 Å². The number of fused-ring (bicyclic) bond motifs is 1. The number of carboxylic acid groups (broad SMARTS) is 1. The summed E-state index contributed by atoms with van der Waals surface area (Å²) in [5.74, 6) is -0.346. The Balaban J connectivity index is 2.68. The number of benzene rings is 1. The highest BCUT2D eigenvalue weighted by Crippen LogP contribution is 2.23. The van der Waals surface area contributed by atoms with Crippen LogP contribution in [-0.2, 0) is 6.54 Å². The van der Waals surface area contributed by atoms with Gasteiger partial charge in [0.25, 0.3) is 0 Å². The van der Waals surface area contributed by atoms with E-state index in [1.807, 2.05) is 0 Å². The highest BCUT2D eigenvalue weighted by atomic mass is 16.5. The molecule has 0 aliphatic carbocycles. The normalized spacial score (nSPS) is 10.6. The molecule has 94 valence electrons. The summed E-state index contributed by atoms with van der Waals surface area (Å²) in [6.07, 6.45) is 0. The number of carbonyl (C=O) groups is 1. The summed E-state index contributed by atoms with van der Waals surface area (Å²) in [5, 5.41) is 12.8. The lowest BCUT2D eigenvalue weighted by atomic mass is 10.1. The number of methoxy groups -OCH3 is 1. The maximum Gasteiger partial charge on any atom is 0.336 e. The Hall–Kier alpha value is -2.14. The minimum Gasteiger partial charge on any atom is -0.497 e. The van der Waals surface area contributed by atoms with E-state index in [4.69, 9.17) is 4.74 Å². The third-order valence-electron chi connectivity index (χ3n) is 2.66. The van der Waals surface area contributed by atoms with E-state index in [0.717, 1.165) is 0 Å². The van der Waals surface area contributed by atoms with Crippen LogP contribution in [0.2, 0.25) is 0 Å². The first kappa shape index (κ1) is 12.3. The third kappa shape index (κ3) is 2.26. The van der Waals surface area contributed by atoms with Crippen LogP contribution in [0.25, 0.3) is 10.9 Å². The van der Waals surface area contributed by atoms with Gasteiger partial charge in [-0.25, -0.2) is 4.79 Å². The highest BCUT2D eigenvalue weighted by Gasteiger charge is 2.12. The molecule has 0 unspecified atom stereocenters. The van der Waals surface area contributed by atoms with Crippen LogP contribution >= 0.6 is 0 Å². The maximum atomic E-state index is 11.3. The molecule has 0 spiro atoms. The quantitative estimate of drug-likeness (QED) is 0.858. The molecule has 0 bridgehead atoms. The van der Waals surface area contributed by atoms with Crippen LogP contribution in [0.5, 0.6) is 5.75 Å². The third-order valence-corrected chi connectivity index (χ3v) is 2.66. The summed E-state index contributed by atoms with van der Waals surface area (Å²) in [7, 11) is 3.34. The van der Waals surface area contributed by atoms with Crippen molar-refractivity contribution in [2.24, 2.45) is 0 Å². The summed E-state index contributed by atoms with van der Waals surface area (Å²) in [5.41, 5.74) is 1.60. The Kier molecular flexibility index (Phi) is 3.43. The summed E-state index contributed by atoms with van der Waals surface area (Å²) in [6.45, 7) is 0.530. The van der Waals surface area contributed by atoms with Gasteiger partial charge in [-0.3, -0.25) is 4.98 Å². The Morgan fingerprint density at radius 3 is 2.83 bits per heavy atom. The van der Waals surface area contributed by atoms with Crippen LogP contribution in [-0.4, -0.2) is 30.2 Å². The standard InChI is InChI=1S/C13H14N2O3/c1-14-7-8-5-11(13(16)17)10-6-9(18-2)3-4-12(10)15-8/h3-6,14H,7H2,1-2H3,(H,16,17). The largest absolute Gasteiger partial charge is 0.497 e. The van der Waals surface area contributed by atoms with E-state index in [0.29, 0.717) is 28.9 Å². The van der Waals surface area contributed by atoms with E-state index in [1.165, 1.54) is 0 Å². The first-order valence-electron chi connectivity index (χ1n) is 5.51. The highest BCUT2D eigenvalue weighted by molar-refractivity contribution is 6.03. The van der Waals surface area contributed by atoms with Crippen molar-refractivity contribution in [3.05, 3.63) is 35.5 Å². The zero-order valence-corrected chi connectivity index (χ0v) is 10.2. The smallest absolute Gasteiger partial charge is 0.336 e. The average Bonchev–Trinajstić information content (AvgIpc) is 2.37. The number of nitrogens with one attached hydrogen (secondary N) is 1. The van der Waals surface area contributed by atoms with E-state index in [1.54, 1.807) is 38.4 Å². The molecule has 1 aromatic carbocycles. The number of carboxylic acids is 1. The molecular formula is C13H14N2O3. The van der Waals surface area contributed by atoms with Gasteiger partial charge in [0.1, 0.15) is 5.75 Å². The molecule has 0 aliphatic heterocycles. The minimum absolute atomic E-state index is 0.240. The predicted octanol–water partition coefficient (Wildman–Crippen LogP) is 1.66. The topological polar surface area (TPSA) is 71.5 Å². The lowest BCUT2D eigenvalue weighted by molar-refractivity contribution is 0.0699. The van der Waals surface area contributed by atoms with Crippen molar-refractivity contribution < 1.29 is 14.6 Å². The Morgan fingerprint density at radius 1 is 1.44 bits per heavy atom. The molecule has 0 amide bonds. The molecule has 1 aromatic heterocycles. The Bertz CT molecular complexity index is 596. The monoisotopic (exact) mass is 246 g/mol. The summed E-state index contributed by atoms with van der Waals surface area (Å²) in [4.78, 5) is 15.7. The second-order valence-electron chi connectivity index (χ2n) is 3.88. The molecule has 0 atom stereocenters. The van der Waals surface area contributed by atoms with Crippen LogP contribution < -0.4 is 10.1 Å². The average molecular weight is 246 g/mol. The van der Waals surface area contributed by atoms with E-state index in [2.05, 4.69) is 10.3 Å². The molecule has 0 radical (unpaired) electrons. The number of aromatic carboxylic acids is 1. The maximum absolute atomic E-state index is 11.3. The van der Waals surface area contributed by atoms with Gasteiger partial charge in [-0.1, -0.05) is 0 Å². The number of aromatic nitrogens is 1. The fourth-order valence-corrected chi connectivity index (χ4v) is 1.84. The van der Waals surface area contributed by atoms with Crippen LogP contribution in [0.15, 0.2) is 24.3 Å². The minimum atomic E-state index is -0.965. The summed E-state index contributed by atoms with van der Waals surface area (Å²) >= 11 is 0. The fourth-order valence-electron chi connectivity index (χ4n) is 1.84. The Morgan fingerprint density at radius 2 is 2.22 bits per heavy atom. The van der Waals surface area contributed by atoms with E-state index in [9.17, 15) is 9.90 Å². The van der Waals surface area contributed by atoms with E-state index < -0.39 is 5.97 Å². The number of hydrogen-bond donors (Lipinski definition) is 2. The molecular weight excluding hydrogens is 232 g/mol. The van der Waals surface area contributed by atoms with Crippen molar-refractivity contribution in [1.29, 1.82) is 0 Å². The van der Waals surface area contributed by atoms with Crippen LogP contribution in [0.1, 0.15) is 16.1 Å². The zero-order valence-electron chi connectivity index (χ0n) is 10.2. The SMILES string of the molecule is CNCc1cc(C(=O)O)c2cc(OC)ccc2n1. The molecule has 1 heterocycles. The Labute approximate surface area is 104 Å². The van der Waals surface area contributed by atoms with Crippen molar-refractivity contribution in [3.8, 4) is 5.75 Å². The van der Waals surface area contributed by atoms with Gasteiger partial charge in [0.15, 0.2) is 0 Å². The molecule has 0 aliphatic rings. The van der Waals surface area contributed by atoms with Gasteiger partial charge in [-0.2, -0.15) is 0 Å². The van der Waals surface area contributed by atoms with Crippen molar-refractivity contribution >= 4 is 16.9 Å². The van der Waals surface area contributed by atoms with E-state index >= 15 is 0 Å². The second kappa shape index (κ2) is 5.01. The van der Waals surface area contributed by atoms with Crippen molar-refractivity contribution in [1.82, 2.24) is 10.3 Å². The van der Waals surface area contributed by atoms with Crippen molar-refractivity contribution in [3.63, 3.8) is 0 Å². The van der Waals surface area contributed by atoms with Gasteiger partial charge in [0.05, 0.1) is 23.9 Å². The molecule has 0 fully saturated rings. The number of hydrogen-bond acceptors (Lipinski definition) is 4. The van der Waals surface area contributed by atoms with Gasteiger partial charge in [-0.05, 0) is 31.3 Å². The van der Waals surface area contributed by atoms with Gasteiger partial charge < -0.3 is 15.2 Å². The zero-order chi connectivity index (χ0) is 13.1. The number of rotatable bonds is 4. The molecule has 0 saturated carbocycles. The molecule has 5 heteroatoms. The number of nitrogens with zero attached hydrogens (tertiary/aromatic N) is 1. The van der Waals surface area contributed by atoms with E-state index in [-0.39, 0.29) is 5.56 Å². The first-order chi connectivity index (χ1) is 8.65. The van der Waals surface area contributed by atoms with Crippen molar-refractivity contribution in [2.75, 3.05) is 14.2 Å². The predicted molar refractivity (Wildman–Crippen MR) is 68.0 cm³/mol. The summed E-state index contributed by atoms with van der Waals surface area (Å²) in [6, 6.07) is 6.80. The lowest BCUT2D eigenvalue weighted by Crippen LogP contribution is -2.09. The molecule has 0 saturated heterocycles. The van der Waals surface area contributed by atoms with Gasteiger partial charge in [-0.15, -0.1) is 0 Å². The van der Waals surface area contributed by atoms with Gasteiger partial charge in [0, 0.05) is 11.9 Å². The molecule has 2 rings (SSSR count). The molecule has 2 aromatic rings.